The molecule has 7 heteroatoms. The van der Waals surface area contributed by atoms with Crippen molar-refractivity contribution in [3.05, 3.63) is 92.9 Å². The second-order valence-corrected chi connectivity index (χ2v) is 7.75. The fraction of sp³-hybridized carbons (Fsp3) is 0.0833. The van der Waals surface area contributed by atoms with E-state index in [-0.39, 0.29) is 5.57 Å². The second-order valence-electron chi connectivity index (χ2n) is 6.43. The normalized spacial score (nSPS) is 10.8. The lowest BCUT2D eigenvalue weighted by molar-refractivity contribution is -0.112. The van der Waals surface area contributed by atoms with E-state index in [0.29, 0.717) is 34.4 Å². The summed E-state index contributed by atoms with van der Waals surface area (Å²) in [5.41, 5.74) is 2.01. The molecule has 31 heavy (non-hydrogen) atoms. The van der Waals surface area contributed by atoms with Gasteiger partial charge in [0.05, 0.1) is 17.8 Å². The summed E-state index contributed by atoms with van der Waals surface area (Å²) in [6.45, 7) is 0.377. The summed E-state index contributed by atoms with van der Waals surface area (Å²) < 4.78 is 12.3. The third kappa shape index (κ3) is 6.11. The van der Waals surface area contributed by atoms with Crippen molar-refractivity contribution in [2.45, 2.75) is 6.61 Å². The summed E-state index contributed by atoms with van der Waals surface area (Å²) in [6.07, 6.45) is 1.48. The van der Waals surface area contributed by atoms with Gasteiger partial charge in [0.1, 0.15) is 18.2 Å². The van der Waals surface area contributed by atoms with Crippen molar-refractivity contribution in [3.63, 3.8) is 0 Å². The Kier molecular flexibility index (Phi) is 7.71. The van der Waals surface area contributed by atoms with E-state index < -0.39 is 5.91 Å². The Morgan fingerprint density at radius 2 is 1.87 bits per heavy atom. The zero-order valence-electron chi connectivity index (χ0n) is 16.6. The van der Waals surface area contributed by atoms with Crippen LogP contribution in [0.3, 0.4) is 0 Å². The number of rotatable bonds is 7. The molecule has 0 heterocycles. The van der Waals surface area contributed by atoms with Crippen molar-refractivity contribution < 1.29 is 14.3 Å². The largest absolute Gasteiger partial charge is 0.493 e. The number of hydrogen-bond donors (Lipinski definition) is 1. The van der Waals surface area contributed by atoms with Crippen LogP contribution >= 0.6 is 27.5 Å². The van der Waals surface area contributed by atoms with E-state index in [4.69, 9.17) is 21.1 Å². The van der Waals surface area contributed by atoms with Crippen LogP contribution < -0.4 is 14.8 Å². The lowest BCUT2D eigenvalue weighted by Gasteiger charge is -2.12. The number of nitrogens with one attached hydrogen (secondary N) is 1. The molecule has 3 rings (SSSR count). The first kappa shape index (κ1) is 22.4. The number of amides is 1. The van der Waals surface area contributed by atoms with Gasteiger partial charge < -0.3 is 14.8 Å². The molecule has 1 N–H and O–H groups in total. The highest BCUT2D eigenvalue weighted by Gasteiger charge is 2.12. The predicted octanol–water partition coefficient (Wildman–Crippen LogP) is 6.24. The first-order chi connectivity index (χ1) is 15.0. The number of halogens is 2. The Hall–Kier alpha value is -3.27. The van der Waals surface area contributed by atoms with Crippen molar-refractivity contribution in [1.29, 1.82) is 5.26 Å². The summed E-state index contributed by atoms with van der Waals surface area (Å²) >= 11 is 9.47. The van der Waals surface area contributed by atoms with Crippen molar-refractivity contribution in [2.24, 2.45) is 0 Å². The highest BCUT2D eigenvalue weighted by Crippen LogP contribution is 2.30. The molecule has 0 unspecified atom stereocenters. The minimum atomic E-state index is -0.551. The molecular formula is C24H18BrClN2O3. The maximum atomic E-state index is 12.5. The fourth-order valence-corrected chi connectivity index (χ4v) is 3.15. The number of ether oxygens (including phenoxy) is 2. The first-order valence-electron chi connectivity index (χ1n) is 9.23. The molecule has 3 aromatic rings. The lowest BCUT2D eigenvalue weighted by atomic mass is 10.1. The van der Waals surface area contributed by atoms with E-state index in [2.05, 4.69) is 21.2 Å². The molecule has 156 valence electrons. The van der Waals surface area contributed by atoms with E-state index in [1.54, 1.807) is 42.5 Å². The van der Waals surface area contributed by atoms with Gasteiger partial charge in [0.15, 0.2) is 11.5 Å². The number of methoxy groups -OCH3 is 1. The van der Waals surface area contributed by atoms with Gasteiger partial charge in [-0.1, -0.05) is 57.9 Å². The minimum absolute atomic E-state index is 0.0643. The Bertz CT molecular complexity index is 1150. The van der Waals surface area contributed by atoms with Crippen LogP contribution in [0.1, 0.15) is 11.1 Å². The van der Waals surface area contributed by atoms with E-state index in [1.807, 2.05) is 30.3 Å². The van der Waals surface area contributed by atoms with Crippen LogP contribution in [0.4, 0.5) is 5.69 Å². The molecule has 0 saturated heterocycles. The van der Waals surface area contributed by atoms with Crippen molar-refractivity contribution >= 4 is 45.2 Å². The molecule has 0 aliphatic carbocycles. The summed E-state index contributed by atoms with van der Waals surface area (Å²) in [5.74, 6) is 0.501. The molecule has 0 bridgehead atoms. The number of benzene rings is 3. The van der Waals surface area contributed by atoms with Crippen molar-refractivity contribution in [1.82, 2.24) is 0 Å². The zero-order chi connectivity index (χ0) is 22.2. The number of para-hydroxylation sites is 1. The number of nitrogens with zero attached hydrogens (tertiary/aromatic N) is 1. The number of hydrogen-bond acceptors (Lipinski definition) is 4. The van der Waals surface area contributed by atoms with Crippen molar-refractivity contribution in [2.75, 3.05) is 12.4 Å². The lowest BCUT2D eigenvalue weighted by Crippen LogP contribution is -2.13. The maximum Gasteiger partial charge on any atom is 0.266 e. The Balaban J connectivity index is 1.75. The second kappa shape index (κ2) is 10.7. The first-order valence-corrected chi connectivity index (χ1v) is 10.4. The average molecular weight is 498 g/mol. The fourth-order valence-electron chi connectivity index (χ4n) is 2.70. The Morgan fingerprint density at radius 3 is 2.55 bits per heavy atom. The van der Waals surface area contributed by atoms with Gasteiger partial charge in [-0.2, -0.15) is 5.26 Å². The predicted molar refractivity (Wildman–Crippen MR) is 125 cm³/mol. The molecule has 0 spiro atoms. The van der Waals surface area contributed by atoms with Gasteiger partial charge in [-0.25, -0.2) is 0 Å². The molecule has 0 atom stereocenters. The number of nitriles is 1. The van der Waals surface area contributed by atoms with Crippen LogP contribution in [0, 0.1) is 11.3 Å². The van der Waals surface area contributed by atoms with Gasteiger partial charge in [0, 0.05) is 4.47 Å². The topological polar surface area (TPSA) is 71.3 Å². The SMILES string of the molecule is COc1cc(/C=C(\C#N)C(=O)Nc2ccccc2Cl)ccc1OCc1ccc(Br)cc1. The molecule has 0 radical (unpaired) electrons. The van der Waals surface area contributed by atoms with Gasteiger partial charge >= 0.3 is 0 Å². The van der Waals surface area contributed by atoms with Crippen molar-refractivity contribution in [3.8, 4) is 17.6 Å². The maximum absolute atomic E-state index is 12.5. The van der Waals surface area contributed by atoms with Crippen LogP contribution in [-0.2, 0) is 11.4 Å². The molecule has 0 aromatic heterocycles. The van der Waals surface area contributed by atoms with Gasteiger partial charge in [0.25, 0.3) is 5.91 Å². The zero-order valence-corrected chi connectivity index (χ0v) is 18.9. The van der Waals surface area contributed by atoms with E-state index >= 15 is 0 Å². The van der Waals surface area contributed by atoms with Gasteiger partial charge in [-0.15, -0.1) is 0 Å². The standard InChI is InChI=1S/C24H18BrClN2O3/c1-30-23-13-17(8-11-22(23)31-15-16-6-9-19(25)10-7-16)12-18(14-27)24(29)28-21-5-3-2-4-20(21)26/h2-13H,15H2,1H3,(H,28,29)/b18-12+. The highest BCUT2D eigenvalue weighted by atomic mass is 79.9. The van der Waals surface area contributed by atoms with Crippen LogP contribution in [0.5, 0.6) is 11.5 Å². The molecule has 3 aromatic carbocycles. The van der Waals surface area contributed by atoms with Crippen LogP contribution in [0.25, 0.3) is 6.08 Å². The molecule has 0 fully saturated rings. The Labute approximate surface area is 194 Å². The van der Waals surface area contributed by atoms with Crippen LogP contribution in [-0.4, -0.2) is 13.0 Å². The molecule has 0 aliphatic rings. The third-order valence-electron chi connectivity index (χ3n) is 4.29. The molecule has 1 amide bonds. The van der Waals surface area contributed by atoms with E-state index in [0.717, 1.165) is 10.0 Å². The molecular weight excluding hydrogens is 480 g/mol. The van der Waals surface area contributed by atoms with Crippen LogP contribution in [0.15, 0.2) is 76.8 Å². The monoisotopic (exact) mass is 496 g/mol. The van der Waals surface area contributed by atoms with Gasteiger partial charge in [-0.05, 0) is 53.6 Å². The molecule has 5 nitrogen and oxygen atoms in total. The number of anilines is 1. The summed E-state index contributed by atoms with van der Waals surface area (Å²) in [5, 5.41) is 12.5. The molecule has 0 aliphatic heterocycles. The smallest absolute Gasteiger partial charge is 0.266 e. The number of carbonyl (C=O) groups excluding carboxylic acids is 1. The summed E-state index contributed by atoms with van der Waals surface area (Å²) in [6, 6.07) is 21.8. The third-order valence-corrected chi connectivity index (χ3v) is 5.15. The van der Waals surface area contributed by atoms with E-state index in [1.165, 1.54) is 13.2 Å². The number of carbonyl (C=O) groups is 1. The summed E-state index contributed by atoms with van der Waals surface area (Å²) in [4.78, 5) is 12.5. The molecule has 0 saturated carbocycles. The highest BCUT2D eigenvalue weighted by molar-refractivity contribution is 9.10. The Morgan fingerprint density at radius 1 is 1.13 bits per heavy atom. The van der Waals surface area contributed by atoms with Gasteiger partial charge in [-0.3, -0.25) is 4.79 Å². The minimum Gasteiger partial charge on any atom is -0.493 e. The average Bonchev–Trinajstić information content (AvgIpc) is 2.78. The van der Waals surface area contributed by atoms with Crippen LogP contribution in [0.2, 0.25) is 5.02 Å². The van der Waals surface area contributed by atoms with E-state index in [9.17, 15) is 10.1 Å². The summed E-state index contributed by atoms with van der Waals surface area (Å²) in [7, 11) is 1.53. The quantitative estimate of drug-likeness (QED) is 0.310. The van der Waals surface area contributed by atoms with Gasteiger partial charge in [0.2, 0.25) is 0 Å².